The monoisotopic (exact) mass is 279 g/mol. The molecule has 0 atom stereocenters. The van der Waals surface area contributed by atoms with Crippen LogP contribution in [-0.2, 0) is 5.75 Å². The Kier molecular flexibility index (Phi) is 4.16. The van der Waals surface area contributed by atoms with Crippen LogP contribution in [0.1, 0.15) is 41.8 Å². The molecule has 2 aromatic rings. The van der Waals surface area contributed by atoms with Crippen LogP contribution in [0.5, 0.6) is 0 Å². The Morgan fingerprint density at radius 1 is 1.53 bits per heavy atom. The summed E-state index contributed by atoms with van der Waals surface area (Å²) in [6.45, 7) is 3.95. The van der Waals surface area contributed by atoms with Gasteiger partial charge in [-0.2, -0.15) is 4.98 Å². The van der Waals surface area contributed by atoms with Crippen LogP contribution in [0.25, 0.3) is 0 Å². The van der Waals surface area contributed by atoms with Crippen molar-refractivity contribution in [2.75, 3.05) is 0 Å². The molecule has 2 heterocycles. The molecule has 7 heteroatoms. The zero-order chi connectivity index (χ0) is 13.8. The number of nitrogens with zero attached hydrogens (tertiary/aromatic N) is 3. The standard InChI is InChI=1S/C12H13N3O3S/c1-7(2)10-14-9(18-15-10)6-19-11-8(12(16)17)4-3-5-13-11/h3-5,7H,6H2,1-2H3,(H,16,17). The van der Waals surface area contributed by atoms with Crippen LogP contribution in [0.3, 0.4) is 0 Å². The van der Waals surface area contributed by atoms with E-state index in [0.29, 0.717) is 22.5 Å². The number of aromatic nitrogens is 3. The molecule has 0 saturated carbocycles. The zero-order valence-electron chi connectivity index (χ0n) is 10.5. The molecule has 19 heavy (non-hydrogen) atoms. The molecule has 2 rings (SSSR count). The number of aromatic carboxylic acids is 1. The zero-order valence-corrected chi connectivity index (χ0v) is 11.3. The molecule has 0 bridgehead atoms. The van der Waals surface area contributed by atoms with Crippen molar-refractivity contribution in [3.8, 4) is 0 Å². The second kappa shape index (κ2) is 5.83. The summed E-state index contributed by atoms with van der Waals surface area (Å²) in [5.41, 5.74) is 0.177. The fourth-order valence-corrected chi connectivity index (χ4v) is 2.18. The van der Waals surface area contributed by atoms with Crippen LogP contribution in [0.2, 0.25) is 0 Å². The SMILES string of the molecule is CC(C)c1noc(CSc2ncccc2C(=O)O)n1. The fourth-order valence-electron chi connectivity index (χ4n) is 1.36. The topological polar surface area (TPSA) is 89.1 Å². The first-order chi connectivity index (χ1) is 9.08. The van der Waals surface area contributed by atoms with Gasteiger partial charge in [0.05, 0.1) is 11.3 Å². The summed E-state index contributed by atoms with van der Waals surface area (Å²) in [5, 5.41) is 13.3. The summed E-state index contributed by atoms with van der Waals surface area (Å²) in [6.07, 6.45) is 1.56. The van der Waals surface area contributed by atoms with Gasteiger partial charge in [-0.3, -0.25) is 0 Å². The fraction of sp³-hybridized carbons (Fsp3) is 0.333. The minimum Gasteiger partial charge on any atom is -0.478 e. The maximum atomic E-state index is 11.0. The molecule has 0 amide bonds. The highest BCUT2D eigenvalue weighted by Crippen LogP contribution is 2.24. The Bertz CT molecular complexity index is 583. The van der Waals surface area contributed by atoms with Crippen molar-refractivity contribution in [2.24, 2.45) is 0 Å². The van der Waals surface area contributed by atoms with E-state index in [-0.39, 0.29) is 11.5 Å². The number of carbonyl (C=O) groups is 1. The van der Waals surface area contributed by atoms with E-state index in [2.05, 4.69) is 15.1 Å². The third-order valence-corrected chi connectivity index (χ3v) is 3.32. The molecule has 0 aliphatic carbocycles. The summed E-state index contributed by atoms with van der Waals surface area (Å²) in [4.78, 5) is 19.3. The first kappa shape index (κ1) is 13.5. The van der Waals surface area contributed by atoms with Crippen LogP contribution >= 0.6 is 11.8 Å². The highest BCUT2D eigenvalue weighted by Gasteiger charge is 2.14. The number of hydrogen-bond donors (Lipinski definition) is 1. The van der Waals surface area contributed by atoms with Gasteiger partial charge in [0.25, 0.3) is 0 Å². The van der Waals surface area contributed by atoms with Crippen molar-refractivity contribution >= 4 is 17.7 Å². The maximum Gasteiger partial charge on any atom is 0.338 e. The summed E-state index contributed by atoms with van der Waals surface area (Å²) in [7, 11) is 0. The first-order valence-corrected chi connectivity index (χ1v) is 6.70. The van der Waals surface area contributed by atoms with Gasteiger partial charge in [0.2, 0.25) is 5.89 Å². The lowest BCUT2D eigenvalue weighted by Crippen LogP contribution is -2.00. The molecule has 0 aromatic carbocycles. The molecule has 2 aromatic heterocycles. The second-order valence-corrected chi connectivity index (χ2v) is 5.12. The van der Waals surface area contributed by atoms with E-state index >= 15 is 0 Å². The summed E-state index contributed by atoms with van der Waals surface area (Å²) < 4.78 is 5.09. The van der Waals surface area contributed by atoms with Gasteiger partial charge in [0.1, 0.15) is 5.03 Å². The summed E-state index contributed by atoms with van der Waals surface area (Å²) in [6, 6.07) is 3.11. The number of carboxylic acids is 1. The first-order valence-electron chi connectivity index (χ1n) is 5.71. The van der Waals surface area contributed by atoms with Crippen LogP contribution < -0.4 is 0 Å². The summed E-state index contributed by atoms with van der Waals surface area (Å²) >= 11 is 1.27. The quantitative estimate of drug-likeness (QED) is 0.841. The third-order valence-electron chi connectivity index (χ3n) is 2.33. The van der Waals surface area contributed by atoms with Gasteiger partial charge in [-0.25, -0.2) is 9.78 Å². The Morgan fingerprint density at radius 2 is 2.32 bits per heavy atom. The van der Waals surface area contributed by atoms with E-state index in [1.54, 1.807) is 12.3 Å². The predicted molar refractivity (Wildman–Crippen MR) is 69.1 cm³/mol. The lowest BCUT2D eigenvalue weighted by atomic mass is 10.2. The normalized spacial score (nSPS) is 10.9. The molecule has 0 radical (unpaired) electrons. The van der Waals surface area contributed by atoms with Crippen molar-refractivity contribution in [3.05, 3.63) is 35.6 Å². The van der Waals surface area contributed by atoms with Gasteiger partial charge < -0.3 is 9.63 Å². The highest BCUT2D eigenvalue weighted by molar-refractivity contribution is 7.98. The largest absolute Gasteiger partial charge is 0.478 e. The smallest absolute Gasteiger partial charge is 0.338 e. The molecule has 1 N–H and O–H groups in total. The molecule has 0 unspecified atom stereocenters. The minimum atomic E-state index is -0.996. The maximum absolute atomic E-state index is 11.0. The van der Waals surface area contributed by atoms with E-state index in [1.165, 1.54) is 17.8 Å². The molecule has 0 fully saturated rings. The molecule has 0 aliphatic rings. The van der Waals surface area contributed by atoms with Crippen LogP contribution in [0, 0.1) is 0 Å². The second-order valence-electron chi connectivity index (χ2n) is 4.15. The van der Waals surface area contributed by atoms with Crippen molar-refractivity contribution < 1.29 is 14.4 Å². The third kappa shape index (κ3) is 3.31. The Morgan fingerprint density at radius 3 is 2.95 bits per heavy atom. The van der Waals surface area contributed by atoms with E-state index in [9.17, 15) is 4.79 Å². The number of carboxylic acid groups (broad SMARTS) is 1. The Labute approximate surface area is 114 Å². The predicted octanol–water partition coefficient (Wildman–Crippen LogP) is 2.58. The number of rotatable bonds is 5. The average Bonchev–Trinajstić information content (AvgIpc) is 2.85. The van der Waals surface area contributed by atoms with Gasteiger partial charge in [0.15, 0.2) is 5.82 Å². The summed E-state index contributed by atoms with van der Waals surface area (Å²) in [5.74, 6) is 0.721. The van der Waals surface area contributed by atoms with E-state index in [1.807, 2.05) is 13.8 Å². The molecular weight excluding hydrogens is 266 g/mol. The van der Waals surface area contributed by atoms with Crippen molar-refractivity contribution in [1.82, 2.24) is 15.1 Å². The van der Waals surface area contributed by atoms with E-state index < -0.39 is 5.97 Å². The number of hydrogen-bond acceptors (Lipinski definition) is 6. The van der Waals surface area contributed by atoms with Gasteiger partial charge in [-0.15, -0.1) is 0 Å². The molecule has 100 valence electrons. The van der Waals surface area contributed by atoms with Crippen molar-refractivity contribution in [1.29, 1.82) is 0 Å². The molecule has 0 spiro atoms. The highest BCUT2D eigenvalue weighted by atomic mass is 32.2. The van der Waals surface area contributed by atoms with Gasteiger partial charge in [-0.1, -0.05) is 30.8 Å². The molecular formula is C12H13N3O3S. The van der Waals surface area contributed by atoms with E-state index in [0.717, 1.165) is 0 Å². The average molecular weight is 279 g/mol. The lowest BCUT2D eigenvalue weighted by molar-refractivity contribution is 0.0692. The van der Waals surface area contributed by atoms with Gasteiger partial charge in [0, 0.05) is 12.1 Å². The van der Waals surface area contributed by atoms with Crippen molar-refractivity contribution in [2.45, 2.75) is 30.5 Å². The van der Waals surface area contributed by atoms with Crippen LogP contribution in [0.4, 0.5) is 0 Å². The molecule has 6 nitrogen and oxygen atoms in total. The number of pyridine rings is 1. The lowest BCUT2D eigenvalue weighted by Gasteiger charge is -2.01. The van der Waals surface area contributed by atoms with E-state index in [4.69, 9.17) is 9.63 Å². The number of thioether (sulfide) groups is 1. The molecule has 0 aliphatic heterocycles. The molecule has 0 saturated heterocycles. The van der Waals surface area contributed by atoms with Crippen LogP contribution in [0.15, 0.2) is 27.9 Å². The Hall–Kier alpha value is -1.89. The van der Waals surface area contributed by atoms with Crippen LogP contribution in [-0.4, -0.2) is 26.2 Å². The van der Waals surface area contributed by atoms with Gasteiger partial charge >= 0.3 is 5.97 Å². The Balaban J connectivity index is 2.08. The van der Waals surface area contributed by atoms with Crippen molar-refractivity contribution in [3.63, 3.8) is 0 Å². The van der Waals surface area contributed by atoms with Gasteiger partial charge in [-0.05, 0) is 12.1 Å². The minimum absolute atomic E-state index is 0.177.